The van der Waals surface area contributed by atoms with Gasteiger partial charge < -0.3 is 0 Å². The van der Waals surface area contributed by atoms with Crippen LogP contribution < -0.4 is 0 Å². The van der Waals surface area contributed by atoms with E-state index in [1.165, 1.54) is 0 Å². The first-order valence-electron chi connectivity index (χ1n) is 4.11. The molecule has 0 aromatic heterocycles. The summed E-state index contributed by atoms with van der Waals surface area (Å²) in [5, 5.41) is 0. The second-order valence-corrected chi connectivity index (χ2v) is 4.22. The lowest BCUT2D eigenvalue weighted by molar-refractivity contribution is -0.142. The van der Waals surface area contributed by atoms with Crippen LogP contribution in [0, 0.1) is 17.3 Å². The summed E-state index contributed by atoms with van der Waals surface area (Å²) in [5.74, 6) is 0.978. The Labute approximate surface area is 66.0 Å². The minimum absolute atomic E-state index is 0.140. The average Bonchev–Trinajstić information content (AvgIpc) is 2.63. The Kier molecular flexibility index (Phi) is 1.11. The molecule has 0 bridgehead atoms. The Hall–Kier alpha value is -0.660. The summed E-state index contributed by atoms with van der Waals surface area (Å²) in [6, 6.07) is 0. The highest BCUT2D eigenvalue weighted by atomic mass is 16.2. The van der Waals surface area contributed by atoms with Crippen LogP contribution in [-0.2, 0) is 9.59 Å². The van der Waals surface area contributed by atoms with E-state index in [9.17, 15) is 9.59 Å². The van der Waals surface area contributed by atoms with E-state index < -0.39 is 5.41 Å². The van der Waals surface area contributed by atoms with Crippen LogP contribution in [0.1, 0.15) is 26.7 Å². The average molecular weight is 152 g/mol. The molecule has 0 N–H and O–H groups in total. The molecule has 60 valence electrons. The molecule has 2 aliphatic carbocycles. The highest BCUT2D eigenvalue weighted by molar-refractivity contribution is 6.10. The minimum atomic E-state index is -0.669. The first-order chi connectivity index (χ1) is 5.03. The Morgan fingerprint density at radius 1 is 1.36 bits per heavy atom. The van der Waals surface area contributed by atoms with Gasteiger partial charge >= 0.3 is 0 Å². The third-order valence-corrected chi connectivity index (χ3v) is 3.02. The first-order valence-corrected chi connectivity index (χ1v) is 4.11. The second-order valence-electron chi connectivity index (χ2n) is 4.22. The van der Waals surface area contributed by atoms with Gasteiger partial charge in [-0.25, -0.2) is 0 Å². The van der Waals surface area contributed by atoms with Crippen molar-refractivity contribution >= 4 is 11.6 Å². The standard InChI is InChI=1S/C9H12O2/c1-9(2)7(10)4-5-3-6(5)8(9)11/h5-6H,3-4H2,1-2H3/t5-,6-/m1/s1. The highest BCUT2D eigenvalue weighted by Gasteiger charge is 2.56. The molecule has 0 heterocycles. The molecule has 2 saturated carbocycles. The smallest absolute Gasteiger partial charge is 0.149 e. The summed E-state index contributed by atoms with van der Waals surface area (Å²) in [5.41, 5.74) is -0.669. The number of hydrogen-bond acceptors (Lipinski definition) is 2. The molecule has 2 aliphatic rings. The molecule has 2 fully saturated rings. The van der Waals surface area contributed by atoms with Gasteiger partial charge in [-0.15, -0.1) is 0 Å². The van der Waals surface area contributed by atoms with Crippen LogP contribution in [0.25, 0.3) is 0 Å². The van der Waals surface area contributed by atoms with E-state index in [4.69, 9.17) is 0 Å². The lowest BCUT2D eigenvalue weighted by Gasteiger charge is -2.25. The molecule has 0 amide bonds. The summed E-state index contributed by atoms with van der Waals surface area (Å²) < 4.78 is 0. The predicted molar refractivity (Wildman–Crippen MR) is 40.0 cm³/mol. The summed E-state index contributed by atoms with van der Waals surface area (Å²) >= 11 is 0. The monoisotopic (exact) mass is 152 g/mol. The van der Waals surface area contributed by atoms with Gasteiger partial charge in [0.15, 0.2) is 0 Å². The molecule has 0 aliphatic heterocycles. The number of carbonyl (C=O) groups is 2. The van der Waals surface area contributed by atoms with E-state index in [0.717, 1.165) is 6.42 Å². The summed E-state index contributed by atoms with van der Waals surface area (Å²) in [4.78, 5) is 22.8. The van der Waals surface area contributed by atoms with Crippen molar-refractivity contribution in [3.63, 3.8) is 0 Å². The highest BCUT2D eigenvalue weighted by Crippen LogP contribution is 2.51. The molecule has 0 unspecified atom stereocenters. The van der Waals surface area contributed by atoms with Crippen LogP contribution in [0.3, 0.4) is 0 Å². The van der Waals surface area contributed by atoms with Crippen molar-refractivity contribution in [2.75, 3.05) is 0 Å². The molecular formula is C9H12O2. The third kappa shape index (κ3) is 0.784. The van der Waals surface area contributed by atoms with Crippen molar-refractivity contribution in [3.8, 4) is 0 Å². The molecule has 0 aromatic carbocycles. The summed E-state index contributed by atoms with van der Waals surface area (Å²) in [6.45, 7) is 3.51. The number of carbonyl (C=O) groups excluding carboxylic acids is 2. The number of Topliss-reactive ketones (excluding diaryl/α,β-unsaturated/α-hetero) is 2. The molecule has 11 heavy (non-hydrogen) atoms. The van der Waals surface area contributed by atoms with E-state index in [1.807, 2.05) is 0 Å². The van der Waals surface area contributed by atoms with Gasteiger partial charge in [0.25, 0.3) is 0 Å². The van der Waals surface area contributed by atoms with E-state index in [0.29, 0.717) is 12.3 Å². The van der Waals surface area contributed by atoms with Crippen molar-refractivity contribution in [1.82, 2.24) is 0 Å². The maximum Gasteiger partial charge on any atom is 0.149 e. The Morgan fingerprint density at radius 3 is 2.64 bits per heavy atom. The number of hydrogen-bond donors (Lipinski definition) is 0. The van der Waals surface area contributed by atoms with Gasteiger partial charge in [-0.2, -0.15) is 0 Å². The van der Waals surface area contributed by atoms with Gasteiger partial charge in [-0.1, -0.05) is 0 Å². The van der Waals surface area contributed by atoms with Crippen LogP contribution in [0.5, 0.6) is 0 Å². The second kappa shape index (κ2) is 1.74. The van der Waals surface area contributed by atoms with Crippen molar-refractivity contribution in [1.29, 1.82) is 0 Å². The van der Waals surface area contributed by atoms with Crippen LogP contribution in [0.15, 0.2) is 0 Å². The van der Waals surface area contributed by atoms with Crippen molar-refractivity contribution in [2.24, 2.45) is 17.3 Å². The molecule has 0 saturated heterocycles. The molecule has 2 nitrogen and oxygen atoms in total. The number of fused-ring (bicyclic) bond motifs is 1. The molecule has 2 heteroatoms. The van der Waals surface area contributed by atoms with Gasteiger partial charge in [-0.3, -0.25) is 9.59 Å². The third-order valence-electron chi connectivity index (χ3n) is 3.02. The molecule has 2 atom stereocenters. The van der Waals surface area contributed by atoms with Gasteiger partial charge in [0.2, 0.25) is 0 Å². The summed E-state index contributed by atoms with van der Waals surface area (Å²) in [6.07, 6.45) is 1.61. The van der Waals surface area contributed by atoms with Crippen molar-refractivity contribution < 1.29 is 9.59 Å². The van der Waals surface area contributed by atoms with Gasteiger partial charge in [0, 0.05) is 12.3 Å². The zero-order chi connectivity index (χ0) is 8.22. The largest absolute Gasteiger partial charge is 0.299 e. The van der Waals surface area contributed by atoms with Crippen LogP contribution in [-0.4, -0.2) is 11.6 Å². The maximum absolute atomic E-state index is 11.5. The number of ketones is 2. The van der Waals surface area contributed by atoms with Gasteiger partial charge in [-0.05, 0) is 26.2 Å². The molecule has 0 radical (unpaired) electrons. The van der Waals surface area contributed by atoms with Gasteiger partial charge in [0.1, 0.15) is 11.6 Å². The van der Waals surface area contributed by atoms with Crippen LogP contribution in [0.4, 0.5) is 0 Å². The molecular weight excluding hydrogens is 140 g/mol. The quantitative estimate of drug-likeness (QED) is 0.488. The van der Waals surface area contributed by atoms with E-state index >= 15 is 0 Å². The normalized spacial score (nSPS) is 40.2. The van der Waals surface area contributed by atoms with E-state index in [1.54, 1.807) is 13.8 Å². The molecule has 0 aromatic rings. The van der Waals surface area contributed by atoms with Crippen molar-refractivity contribution in [3.05, 3.63) is 0 Å². The zero-order valence-electron chi connectivity index (χ0n) is 6.89. The molecule has 0 spiro atoms. The molecule has 2 rings (SSSR count). The van der Waals surface area contributed by atoms with Gasteiger partial charge in [0.05, 0.1) is 5.41 Å². The Bertz CT molecular complexity index is 240. The fraction of sp³-hybridized carbons (Fsp3) is 0.778. The Balaban J connectivity index is 2.32. The van der Waals surface area contributed by atoms with E-state index in [2.05, 4.69) is 0 Å². The fourth-order valence-electron chi connectivity index (χ4n) is 1.89. The van der Waals surface area contributed by atoms with E-state index in [-0.39, 0.29) is 17.5 Å². The zero-order valence-corrected chi connectivity index (χ0v) is 6.89. The van der Waals surface area contributed by atoms with Crippen LogP contribution >= 0.6 is 0 Å². The first kappa shape index (κ1) is 7.01. The van der Waals surface area contributed by atoms with Crippen LogP contribution in [0.2, 0.25) is 0 Å². The fourth-order valence-corrected chi connectivity index (χ4v) is 1.89. The summed E-state index contributed by atoms with van der Waals surface area (Å²) in [7, 11) is 0. The van der Waals surface area contributed by atoms with Crippen molar-refractivity contribution in [2.45, 2.75) is 26.7 Å². The topological polar surface area (TPSA) is 34.1 Å². The maximum atomic E-state index is 11.5. The number of rotatable bonds is 0. The lowest BCUT2D eigenvalue weighted by atomic mass is 9.75. The lowest BCUT2D eigenvalue weighted by Crippen LogP contribution is -2.38. The Morgan fingerprint density at radius 2 is 2.00 bits per heavy atom. The predicted octanol–water partition coefficient (Wildman–Crippen LogP) is 1.19. The SMILES string of the molecule is CC1(C)C(=O)C[C@H]2C[C@H]2C1=O. The minimum Gasteiger partial charge on any atom is -0.299 e.